The van der Waals surface area contributed by atoms with E-state index in [2.05, 4.69) is 27.0 Å². The van der Waals surface area contributed by atoms with E-state index < -0.39 is 0 Å². The molecule has 1 aromatic carbocycles. The number of aromatic nitrogens is 2. The minimum Gasteiger partial charge on any atom is -0.392 e. The Hall–Kier alpha value is -2.21. The first-order valence-electron chi connectivity index (χ1n) is 8.79. The first-order chi connectivity index (χ1) is 12.3. The lowest BCUT2D eigenvalue weighted by molar-refractivity contribution is 0.277. The molecule has 0 fully saturated rings. The molecule has 1 aliphatic heterocycles. The maximum absolute atomic E-state index is 9.46. The predicted molar refractivity (Wildman–Crippen MR) is 97.1 cm³/mol. The molecule has 2 aromatic heterocycles. The van der Waals surface area contributed by atoms with Crippen LogP contribution in [0.5, 0.6) is 0 Å². The van der Waals surface area contributed by atoms with Crippen LogP contribution in [0, 0.1) is 0 Å². The second-order valence-electron chi connectivity index (χ2n) is 6.58. The molecule has 1 aliphatic rings. The number of rotatable bonds is 5. The van der Waals surface area contributed by atoms with Crippen molar-refractivity contribution < 1.29 is 10.2 Å². The average Bonchev–Trinajstić information content (AvgIpc) is 3.00. The van der Waals surface area contributed by atoms with Gasteiger partial charge in [0.2, 0.25) is 0 Å². The van der Waals surface area contributed by atoms with Crippen molar-refractivity contribution in [2.75, 3.05) is 6.54 Å². The van der Waals surface area contributed by atoms with Gasteiger partial charge in [0.05, 0.1) is 18.9 Å². The normalized spacial score (nSPS) is 14.0. The molecule has 130 valence electrons. The zero-order valence-corrected chi connectivity index (χ0v) is 14.2. The summed E-state index contributed by atoms with van der Waals surface area (Å²) in [7, 11) is 0. The molecule has 0 bridgehead atoms. The first kappa shape index (κ1) is 16.3. The molecule has 0 amide bonds. The van der Waals surface area contributed by atoms with Gasteiger partial charge in [0, 0.05) is 48.8 Å². The van der Waals surface area contributed by atoms with Crippen molar-refractivity contribution in [2.45, 2.75) is 39.1 Å². The standard InChI is InChI=1S/C20H23N3O2/c24-12-15-2-4-19-17(9-15)18-11-21-7-5-20(18)23(19)8-6-14-1-3-16(13-25)22-10-14/h1-4,9-10,21,24-25H,5-8,11-13H2. The Bertz CT molecular complexity index is 884. The second kappa shape index (κ2) is 6.96. The number of aryl methyl sites for hydroxylation is 2. The van der Waals surface area contributed by atoms with Crippen LogP contribution in [0.2, 0.25) is 0 Å². The topological polar surface area (TPSA) is 70.3 Å². The predicted octanol–water partition coefficient (Wildman–Crippen LogP) is 1.91. The van der Waals surface area contributed by atoms with Gasteiger partial charge in [-0.05, 0) is 41.3 Å². The number of nitrogens with one attached hydrogen (secondary N) is 1. The van der Waals surface area contributed by atoms with E-state index in [0.717, 1.165) is 38.0 Å². The van der Waals surface area contributed by atoms with Crippen LogP contribution in [-0.4, -0.2) is 26.3 Å². The maximum Gasteiger partial charge on any atom is 0.0852 e. The molecular weight excluding hydrogens is 314 g/mol. The highest BCUT2D eigenvalue weighted by atomic mass is 16.3. The Balaban J connectivity index is 1.68. The minimum absolute atomic E-state index is 0.0176. The molecule has 5 nitrogen and oxygen atoms in total. The smallest absolute Gasteiger partial charge is 0.0852 e. The molecule has 0 aliphatic carbocycles. The molecule has 0 radical (unpaired) electrons. The number of benzene rings is 1. The molecule has 3 aromatic rings. The molecule has 25 heavy (non-hydrogen) atoms. The van der Waals surface area contributed by atoms with Gasteiger partial charge in [-0.1, -0.05) is 12.1 Å². The summed E-state index contributed by atoms with van der Waals surface area (Å²) in [6, 6.07) is 10.2. The van der Waals surface area contributed by atoms with Crippen LogP contribution in [0.3, 0.4) is 0 Å². The molecule has 3 heterocycles. The van der Waals surface area contributed by atoms with Crippen LogP contribution in [0.15, 0.2) is 36.5 Å². The number of fused-ring (bicyclic) bond motifs is 3. The van der Waals surface area contributed by atoms with Gasteiger partial charge < -0.3 is 20.1 Å². The van der Waals surface area contributed by atoms with E-state index in [-0.39, 0.29) is 13.2 Å². The first-order valence-corrected chi connectivity index (χ1v) is 8.79. The average molecular weight is 337 g/mol. The van der Waals surface area contributed by atoms with Crippen LogP contribution < -0.4 is 5.32 Å². The lowest BCUT2D eigenvalue weighted by Crippen LogP contribution is -2.24. The zero-order valence-electron chi connectivity index (χ0n) is 14.2. The summed E-state index contributed by atoms with van der Waals surface area (Å²) in [5.74, 6) is 0. The molecule has 0 saturated carbocycles. The van der Waals surface area contributed by atoms with E-state index in [1.807, 2.05) is 24.4 Å². The van der Waals surface area contributed by atoms with E-state index in [1.54, 1.807) is 0 Å². The fourth-order valence-electron chi connectivity index (χ4n) is 3.72. The summed E-state index contributed by atoms with van der Waals surface area (Å²) >= 11 is 0. The highest BCUT2D eigenvalue weighted by Crippen LogP contribution is 2.30. The summed E-state index contributed by atoms with van der Waals surface area (Å²) in [5.41, 5.74) is 6.85. The van der Waals surface area contributed by atoms with Gasteiger partial charge in [-0.3, -0.25) is 4.98 Å². The number of hydrogen-bond acceptors (Lipinski definition) is 4. The van der Waals surface area contributed by atoms with Crippen LogP contribution in [0.25, 0.3) is 10.9 Å². The van der Waals surface area contributed by atoms with Crippen molar-refractivity contribution in [3.8, 4) is 0 Å². The van der Waals surface area contributed by atoms with Crippen molar-refractivity contribution in [3.63, 3.8) is 0 Å². The molecular formula is C20H23N3O2. The Kier molecular flexibility index (Phi) is 4.53. The van der Waals surface area contributed by atoms with Crippen LogP contribution >= 0.6 is 0 Å². The van der Waals surface area contributed by atoms with Gasteiger partial charge in [-0.2, -0.15) is 0 Å². The molecule has 3 N–H and O–H groups in total. The van der Waals surface area contributed by atoms with Crippen LogP contribution in [0.4, 0.5) is 0 Å². The lowest BCUT2D eigenvalue weighted by atomic mass is 10.0. The Morgan fingerprint density at radius 2 is 1.96 bits per heavy atom. The fraction of sp³-hybridized carbons (Fsp3) is 0.350. The van der Waals surface area contributed by atoms with Gasteiger partial charge >= 0.3 is 0 Å². The lowest BCUT2D eigenvalue weighted by Gasteiger charge is -2.17. The quantitative estimate of drug-likeness (QED) is 0.665. The van der Waals surface area contributed by atoms with E-state index in [4.69, 9.17) is 5.11 Å². The summed E-state index contributed by atoms with van der Waals surface area (Å²) in [6.45, 7) is 2.86. The number of nitrogens with zero attached hydrogens (tertiary/aromatic N) is 2. The number of aliphatic hydroxyl groups is 2. The SMILES string of the molecule is OCc1ccc2c(c1)c1c(n2CCc2ccc(CO)nc2)CCNC1. The van der Waals surface area contributed by atoms with E-state index in [0.29, 0.717) is 5.69 Å². The number of aliphatic hydroxyl groups excluding tert-OH is 2. The van der Waals surface area contributed by atoms with Crippen molar-refractivity contribution in [3.05, 3.63) is 64.6 Å². The minimum atomic E-state index is -0.0176. The molecule has 5 heteroatoms. The highest BCUT2D eigenvalue weighted by molar-refractivity contribution is 5.86. The van der Waals surface area contributed by atoms with E-state index in [9.17, 15) is 5.11 Å². The van der Waals surface area contributed by atoms with Gasteiger partial charge in [0.1, 0.15) is 0 Å². The van der Waals surface area contributed by atoms with E-state index in [1.165, 1.54) is 27.7 Å². The summed E-state index contributed by atoms with van der Waals surface area (Å²) in [5, 5.41) is 23.3. The third-order valence-corrected chi connectivity index (χ3v) is 5.05. The van der Waals surface area contributed by atoms with Gasteiger partial charge in [0.15, 0.2) is 0 Å². The van der Waals surface area contributed by atoms with Gasteiger partial charge in [0.25, 0.3) is 0 Å². The van der Waals surface area contributed by atoms with Crippen molar-refractivity contribution in [2.24, 2.45) is 0 Å². The van der Waals surface area contributed by atoms with Crippen molar-refractivity contribution in [1.29, 1.82) is 0 Å². The maximum atomic E-state index is 9.46. The largest absolute Gasteiger partial charge is 0.392 e. The Morgan fingerprint density at radius 1 is 1.08 bits per heavy atom. The highest BCUT2D eigenvalue weighted by Gasteiger charge is 2.19. The third-order valence-electron chi connectivity index (χ3n) is 5.05. The number of hydrogen-bond donors (Lipinski definition) is 3. The van der Waals surface area contributed by atoms with Gasteiger partial charge in [-0.25, -0.2) is 0 Å². The zero-order chi connectivity index (χ0) is 17.2. The molecule has 0 saturated heterocycles. The molecule has 0 unspecified atom stereocenters. The second-order valence-corrected chi connectivity index (χ2v) is 6.58. The molecule has 4 rings (SSSR count). The van der Waals surface area contributed by atoms with E-state index >= 15 is 0 Å². The summed E-state index contributed by atoms with van der Waals surface area (Å²) < 4.78 is 2.42. The monoisotopic (exact) mass is 337 g/mol. The summed E-state index contributed by atoms with van der Waals surface area (Å²) in [6.07, 6.45) is 3.79. The van der Waals surface area contributed by atoms with Crippen LogP contribution in [-0.2, 0) is 39.1 Å². The van der Waals surface area contributed by atoms with Crippen molar-refractivity contribution >= 4 is 10.9 Å². The Morgan fingerprint density at radius 3 is 2.72 bits per heavy atom. The number of pyridine rings is 1. The van der Waals surface area contributed by atoms with Crippen LogP contribution in [0.1, 0.15) is 28.1 Å². The molecule has 0 atom stereocenters. The fourth-order valence-corrected chi connectivity index (χ4v) is 3.72. The van der Waals surface area contributed by atoms with Crippen molar-refractivity contribution in [1.82, 2.24) is 14.9 Å². The third kappa shape index (κ3) is 3.06. The van der Waals surface area contributed by atoms with Gasteiger partial charge in [-0.15, -0.1) is 0 Å². The molecule has 0 spiro atoms. The Labute approximate surface area is 146 Å². The summed E-state index contributed by atoms with van der Waals surface area (Å²) in [4.78, 5) is 4.27.